The van der Waals surface area contributed by atoms with E-state index in [0.717, 1.165) is 10.5 Å². The maximum absolute atomic E-state index is 13.2. The van der Waals surface area contributed by atoms with Gasteiger partial charge in [0.1, 0.15) is 5.82 Å². The molecular weight excluding hydrogens is 335 g/mol. The van der Waals surface area contributed by atoms with Crippen LogP contribution in [0, 0.1) is 5.82 Å². The summed E-state index contributed by atoms with van der Waals surface area (Å²) in [6.07, 6.45) is 0. The molecule has 3 rings (SSSR count). The van der Waals surface area contributed by atoms with Crippen molar-refractivity contribution in [3.63, 3.8) is 0 Å². The normalized spacial score (nSPS) is 10.4. The van der Waals surface area contributed by atoms with Gasteiger partial charge in [0.25, 0.3) is 5.91 Å². The quantitative estimate of drug-likeness (QED) is 0.504. The molecule has 0 bridgehead atoms. The van der Waals surface area contributed by atoms with Crippen LogP contribution in [0.25, 0.3) is 0 Å². The molecule has 0 spiro atoms. The fourth-order valence-electron chi connectivity index (χ4n) is 2.28. The molecule has 0 aliphatic carbocycles. The Labute approximate surface area is 150 Å². The number of nitrogens with two attached hydrogens (primary N) is 1. The van der Waals surface area contributed by atoms with Crippen molar-refractivity contribution in [1.29, 1.82) is 0 Å². The van der Waals surface area contributed by atoms with E-state index in [1.807, 2.05) is 30.3 Å². The van der Waals surface area contributed by atoms with E-state index in [9.17, 15) is 9.18 Å². The van der Waals surface area contributed by atoms with Crippen molar-refractivity contribution < 1.29 is 9.18 Å². The van der Waals surface area contributed by atoms with Gasteiger partial charge < -0.3 is 11.1 Å². The zero-order valence-electron chi connectivity index (χ0n) is 13.4. The lowest BCUT2D eigenvalue weighted by Gasteiger charge is -2.08. The van der Waals surface area contributed by atoms with Gasteiger partial charge in [0.2, 0.25) is 0 Å². The fourth-order valence-corrected chi connectivity index (χ4v) is 3.18. The second-order valence-corrected chi connectivity index (χ2v) is 6.53. The number of thioether (sulfide) groups is 1. The zero-order valence-corrected chi connectivity index (χ0v) is 14.2. The van der Waals surface area contributed by atoms with Gasteiger partial charge in [0, 0.05) is 16.2 Å². The number of carbonyl (C=O) groups excluding carboxylic acids is 1. The number of benzene rings is 3. The molecule has 3 aromatic carbocycles. The Morgan fingerprint density at radius 3 is 2.48 bits per heavy atom. The number of halogens is 1. The Balaban J connectivity index is 1.61. The first-order chi connectivity index (χ1) is 12.1. The maximum Gasteiger partial charge on any atom is 0.255 e. The van der Waals surface area contributed by atoms with Crippen LogP contribution in [0.3, 0.4) is 0 Å². The third-order valence-electron chi connectivity index (χ3n) is 3.63. The summed E-state index contributed by atoms with van der Waals surface area (Å²) < 4.78 is 13.2. The first-order valence-electron chi connectivity index (χ1n) is 7.75. The van der Waals surface area contributed by atoms with Crippen LogP contribution in [0.4, 0.5) is 15.8 Å². The number of hydrogen-bond acceptors (Lipinski definition) is 3. The number of hydrogen-bond donors (Lipinski definition) is 2. The lowest BCUT2D eigenvalue weighted by molar-refractivity contribution is 0.102. The minimum atomic E-state index is -0.239. The summed E-state index contributed by atoms with van der Waals surface area (Å²) in [4.78, 5) is 13.2. The van der Waals surface area contributed by atoms with Gasteiger partial charge >= 0.3 is 0 Å². The Morgan fingerprint density at radius 1 is 1.00 bits per heavy atom. The van der Waals surface area contributed by atoms with Crippen LogP contribution in [0.5, 0.6) is 0 Å². The predicted molar refractivity (Wildman–Crippen MR) is 101 cm³/mol. The fraction of sp³-hybridized carbons (Fsp3) is 0.0500. The molecule has 0 unspecified atom stereocenters. The SMILES string of the molecule is Nc1ccccc1NC(=O)c1ccc(CSc2cccc(F)c2)cc1. The van der Waals surface area contributed by atoms with Crippen LogP contribution < -0.4 is 11.1 Å². The van der Waals surface area contributed by atoms with Crippen molar-refractivity contribution >= 4 is 29.0 Å². The second kappa shape index (κ2) is 7.85. The molecule has 0 aliphatic rings. The van der Waals surface area contributed by atoms with Gasteiger partial charge in [0.05, 0.1) is 11.4 Å². The molecule has 0 saturated heterocycles. The van der Waals surface area contributed by atoms with Crippen LogP contribution in [0.1, 0.15) is 15.9 Å². The van der Waals surface area contributed by atoms with Crippen LogP contribution in [-0.2, 0) is 5.75 Å². The van der Waals surface area contributed by atoms with Crippen molar-refractivity contribution in [2.75, 3.05) is 11.1 Å². The molecule has 0 radical (unpaired) electrons. The molecule has 1 amide bonds. The van der Waals surface area contributed by atoms with Gasteiger partial charge in [-0.15, -0.1) is 11.8 Å². The van der Waals surface area contributed by atoms with E-state index < -0.39 is 0 Å². The van der Waals surface area contributed by atoms with E-state index in [0.29, 0.717) is 22.7 Å². The van der Waals surface area contributed by atoms with Gasteiger partial charge in [-0.3, -0.25) is 4.79 Å². The molecule has 0 fully saturated rings. The average Bonchev–Trinajstić information content (AvgIpc) is 2.62. The topological polar surface area (TPSA) is 55.1 Å². The van der Waals surface area contributed by atoms with E-state index in [-0.39, 0.29) is 11.7 Å². The molecule has 0 aliphatic heterocycles. The van der Waals surface area contributed by atoms with E-state index >= 15 is 0 Å². The number of amides is 1. The standard InChI is InChI=1S/C20H17FN2OS/c21-16-4-3-5-17(12-16)25-13-14-8-10-15(11-9-14)20(24)23-19-7-2-1-6-18(19)22/h1-12H,13,22H2,(H,23,24). The number of anilines is 2. The second-order valence-electron chi connectivity index (χ2n) is 5.48. The molecular formula is C20H17FN2OS. The van der Waals surface area contributed by atoms with Crippen molar-refractivity contribution in [1.82, 2.24) is 0 Å². The highest BCUT2D eigenvalue weighted by Crippen LogP contribution is 2.24. The van der Waals surface area contributed by atoms with E-state index in [1.165, 1.54) is 12.1 Å². The molecule has 0 atom stereocenters. The van der Waals surface area contributed by atoms with E-state index in [2.05, 4.69) is 5.32 Å². The third-order valence-corrected chi connectivity index (χ3v) is 4.69. The lowest BCUT2D eigenvalue weighted by atomic mass is 10.1. The summed E-state index contributed by atoms with van der Waals surface area (Å²) in [6.45, 7) is 0. The molecule has 0 saturated carbocycles. The van der Waals surface area contributed by atoms with Crippen molar-refractivity contribution in [3.8, 4) is 0 Å². The van der Waals surface area contributed by atoms with Gasteiger partial charge in [-0.2, -0.15) is 0 Å². The Kier molecular flexibility index (Phi) is 5.36. The predicted octanol–water partition coefficient (Wildman–Crippen LogP) is 4.95. The van der Waals surface area contributed by atoms with Gasteiger partial charge in [-0.25, -0.2) is 4.39 Å². The highest BCUT2D eigenvalue weighted by molar-refractivity contribution is 7.98. The van der Waals surface area contributed by atoms with Crippen LogP contribution in [0.15, 0.2) is 77.7 Å². The van der Waals surface area contributed by atoms with Gasteiger partial charge in [-0.05, 0) is 48.0 Å². The molecule has 0 heterocycles. The minimum Gasteiger partial charge on any atom is -0.397 e. The summed E-state index contributed by atoms with van der Waals surface area (Å²) in [5.74, 6) is 0.260. The number of nitrogens with one attached hydrogen (secondary N) is 1. The smallest absolute Gasteiger partial charge is 0.255 e. The van der Waals surface area contributed by atoms with Crippen molar-refractivity contribution in [2.24, 2.45) is 0 Å². The van der Waals surface area contributed by atoms with Crippen molar-refractivity contribution in [2.45, 2.75) is 10.6 Å². The summed E-state index contributed by atoms with van der Waals surface area (Å²) in [6, 6.07) is 21.0. The molecule has 3 N–H and O–H groups in total. The molecule has 3 nitrogen and oxygen atoms in total. The van der Waals surface area contributed by atoms with Crippen molar-refractivity contribution in [3.05, 3.63) is 89.7 Å². The molecule has 25 heavy (non-hydrogen) atoms. The minimum absolute atomic E-state index is 0.206. The zero-order chi connectivity index (χ0) is 17.6. The maximum atomic E-state index is 13.2. The number of para-hydroxylation sites is 2. The van der Waals surface area contributed by atoms with Gasteiger partial charge in [-0.1, -0.05) is 30.3 Å². The Morgan fingerprint density at radius 2 is 1.76 bits per heavy atom. The summed E-state index contributed by atoms with van der Waals surface area (Å²) in [5.41, 5.74) is 8.57. The highest BCUT2D eigenvalue weighted by Gasteiger charge is 2.08. The molecule has 3 aromatic rings. The Hall–Kier alpha value is -2.79. The van der Waals surface area contributed by atoms with Crippen LogP contribution >= 0.6 is 11.8 Å². The Bertz CT molecular complexity index is 881. The largest absolute Gasteiger partial charge is 0.397 e. The summed E-state index contributed by atoms with van der Waals surface area (Å²) in [7, 11) is 0. The number of carbonyl (C=O) groups is 1. The van der Waals surface area contributed by atoms with Crippen LogP contribution in [-0.4, -0.2) is 5.91 Å². The van der Waals surface area contributed by atoms with Gasteiger partial charge in [0.15, 0.2) is 0 Å². The van der Waals surface area contributed by atoms with E-state index in [4.69, 9.17) is 5.73 Å². The van der Waals surface area contributed by atoms with E-state index in [1.54, 1.807) is 42.1 Å². The molecule has 126 valence electrons. The number of rotatable bonds is 5. The lowest BCUT2D eigenvalue weighted by Crippen LogP contribution is -2.13. The number of nitrogen functional groups attached to an aromatic ring is 1. The summed E-state index contributed by atoms with van der Waals surface area (Å²) >= 11 is 1.55. The first-order valence-corrected chi connectivity index (χ1v) is 8.73. The first kappa shape index (κ1) is 17.0. The molecule has 5 heteroatoms. The van der Waals surface area contributed by atoms with Crippen LogP contribution in [0.2, 0.25) is 0 Å². The molecule has 0 aromatic heterocycles. The highest BCUT2D eigenvalue weighted by atomic mass is 32.2. The monoisotopic (exact) mass is 352 g/mol. The summed E-state index contributed by atoms with van der Waals surface area (Å²) in [5, 5.41) is 2.80. The average molecular weight is 352 g/mol. The third kappa shape index (κ3) is 4.61.